The van der Waals surface area contributed by atoms with Crippen molar-refractivity contribution in [2.75, 3.05) is 0 Å². The molecule has 2 nitrogen and oxygen atoms in total. The molecule has 1 N–H and O–H groups in total. The first-order valence-electron chi connectivity index (χ1n) is 6.71. The molecule has 0 radical (unpaired) electrons. The standard InChI is InChI=1S/C15H18ClFO2/c16-12-9-11(5-6-13(12)17)10-15(14(18)19)7-3-1-2-4-8-15/h5-6,9H,1-4,7-8,10H2,(H,18,19). The topological polar surface area (TPSA) is 37.3 Å². The monoisotopic (exact) mass is 284 g/mol. The van der Waals surface area contributed by atoms with Gasteiger partial charge >= 0.3 is 5.97 Å². The Morgan fingerprint density at radius 2 is 1.89 bits per heavy atom. The van der Waals surface area contributed by atoms with Crippen LogP contribution in [0, 0.1) is 11.2 Å². The van der Waals surface area contributed by atoms with E-state index in [-0.39, 0.29) is 5.02 Å². The minimum Gasteiger partial charge on any atom is -0.481 e. The fraction of sp³-hybridized carbons (Fsp3) is 0.533. The van der Waals surface area contributed by atoms with Crippen LogP contribution in [0.1, 0.15) is 44.1 Å². The number of rotatable bonds is 3. The van der Waals surface area contributed by atoms with E-state index in [1.807, 2.05) is 0 Å². The maximum atomic E-state index is 13.1. The summed E-state index contributed by atoms with van der Waals surface area (Å²) >= 11 is 5.77. The van der Waals surface area contributed by atoms with Crippen molar-refractivity contribution in [2.24, 2.45) is 5.41 Å². The third-order valence-electron chi connectivity index (χ3n) is 4.04. The summed E-state index contributed by atoms with van der Waals surface area (Å²) < 4.78 is 13.1. The number of carbonyl (C=O) groups is 1. The molecule has 0 atom stereocenters. The number of benzene rings is 1. The largest absolute Gasteiger partial charge is 0.481 e. The van der Waals surface area contributed by atoms with Gasteiger partial charge in [-0.3, -0.25) is 4.79 Å². The summed E-state index contributed by atoms with van der Waals surface area (Å²) in [6.07, 6.45) is 5.90. The highest BCUT2D eigenvalue weighted by Crippen LogP contribution is 2.38. The van der Waals surface area contributed by atoms with E-state index in [0.29, 0.717) is 19.3 Å². The van der Waals surface area contributed by atoms with E-state index in [4.69, 9.17) is 11.6 Å². The molecule has 1 fully saturated rings. The van der Waals surface area contributed by atoms with E-state index in [2.05, 4.69) is 0 Å². The van der Waals surface area contributed by atoms with Gasteiger partial charge in [0.2, 0.25) is 0 Å². The molecule has 0 amide bonds. The van der Waals surface area contributed by atoms with Crippen LogP contribution in [0.5, 0.6) is 0 Å². The van der Waals surface area contributed by atoms with E-state index in [9.17, 15) is 14.3 Å². The minimum absolute atomic E-state index is 0.0617. The predicted octanol–water partition coefficient (Wildman–Crippen LogP) is 4.45. The van der Waals surface area contributed by atoms with Crippen molar-refractivity contribution in [3.8, 4) is 0 Å². The Morgan fingerprint density at radius 1 is 1.26 bits per heavy atom. The summed E-state index contributed by atoms with van der Waals surface area (Å²) in [6, 6.07) is 4.49. The van der Waals surface area contributed by atoms with Gasteiger partial charge in [-0.15, -0.1) is 0 Å². The van der Waals surface area contributed by atoms with Crippen LogP contribution in [0.15, 0.2) is 18.2 Å². The molecule has 19 heavy (non-hydrogen) atoms. The van der Waals surface area contributed by atoms with Gasteiger partial charge in [0, 0.05) is 0 Å². The second kappa shape index (κ2) is 5.91. The Hall–Kier alpha value is -1.09. The van der Waals surface area contributed by atoms with E-state index in [1.165, 1.54) is 6.07 Å². The molecule has 4 heteroatoms. The number of hydrogen-bond donors (Lipinski definition) is 1. The average molecular weight is 285 g/mol. The molecule has 0 unspecified atom stereocenters. The van der Waals surface area contributed by atoms with Gasteiger partial charge in [0.1, 0.15) is 5.82 Å². The van der Waals surface area contributed by atoms with Crippen LogP contribution in [0.25, 0.3) is 0 Å². The molecule has 0 spiro atoms. The highest BCUT2D eigenvalue weighted by molar-refractivity contribution is 6.30. The van der Waals surface area contributed by atoms with Gasteiger partial charge in [-0.25, -0.2) is 4.39 Å². The number of carboxylic acid groups (broad SMARTS) is 1. The third kappa shape index (κ3) is 3.27. The zero-order valence-corrected chi connectivity index (χ0v) is 11.5. The summed E-state index contributed by atoms with van der Waals surface area (Å²) in [5.41, 5.74) is 0.0909. The lowest BCUT2D eigenvalue weighted by Gasteiger charge is -2.28. The Kier molecular flexibility index (Phi) is 4.46. The minimum atomic E-state index is -0.741. The van der Waals surface area contributed by atoms with Crippen LogP contribution < -0.4 is 0 Å². The Morgan fingerprint density at radius 3 is 2.42 bits per heavy atom. The highest BCUT2D eigenvalue weighted by atomic mass is 35.5. The fourth-order valence-electron chi connectivity index (χ4n) is 2.91. The number of halogens is 2. The molecular weight excluding hydrogens is 267 g/mol. The van der Waals surface area contributed by atoms with Crippen LogP contribution in [0.2, 0.25) is 5.02 Å². The summed E-state index contributed by atoms with van der Waals surface area (Å²) in [5, 5.41) is 9.65. The van der Waals surface area contributed by atoms with Crippen LogP contribution in [0.3, 0.4) is 0 Å². The van der Waals surface area contributed by atoms with Gasteiger partial charge in [0.25, 0.3) is 0 Å². The molecule has 1 saturated carbocycles. The van der Waals surface area contributed by atoms with Gasteiger partial charge < -0.3 is 5.11 Å². The lowest BCUT2D eigenvalue weighted by molar-refractivity contribution is -0.149. The summed E-state index contributed by atoms with van der Waals surface area (Å²) in [5.74, 6) is -1.20. The van der Waals surface area contributed by atoms with Gasteiger partial charge in [0.05, 0.1) is 10.4 Å². The molecule has 0 saturated heterocycles. The molecule has 0 aromatic heterocycles. The normalized spacial score (nSPS) is 18.8. The average Bonchev–Trinajstić information content (AvgIpc) is 2.60. The Labute approximate surface area is 117 Å². The SMILES string of the molecule is O=C(O)C1(Cc2ccc(F)c(Cl)c2)CCCCCC1. The molecule has 1 aromatic rings. The van der Waals surface area contributed by atoms with Crippen molar-refractivity contribution in [3.05, 3.63) is 34.6 Å². The van der Waals surface area contributed by atoms with Crippen LogP contribution in [-0.2, 0) is 11.2 Å². The van der Waals surface area contributed by atoms with Gasteiger partial charge in [-0.1, -0.05) is 43.4 Å². The number of hydrogen-bond acceptors (Lipinski definition) is 1. The maximum Gasteiger partial charge on any atom is 0.309 e. The van der Waals surface area contributed by atoms with Crippen molar-refractivity contribution in [2.45, 2.75) is 44.9 Å². The molecular formula is C15H18ClFO2. The lowest BCUT2D eigenvalue weighted by Crippen LogP contribution is -2.33. The summed E-state index contributed by atoms with van der Waals surface area (Å²) in [4.78, 5) is 11.7. The van der Waals surface area contributed by atoms with Crippen LogP contribution in [-0.4, -0.2) is 11.1 Å². The first kappa shape index (κ1) is 14.3. The zero-order valence-electron chi connectivity index (χ0n) is 10.8. The molecule has 1 aromatic carbocycles. The first-order chi connectivity index (χ1) is 9.03. The first-order valence-corrected chi connectivity index (χ1v) is 7.09. The smallest absolute Gasteiger partial charge is 0.309 e. The molecule has 1 aliphatic rings. The van der Waals surface area contributed by atoms with Crippen molar-refractivity contribution in [1.82, 2.24) is 0 Å². The second-order valence-electron chi connectivity index (χ2n) is 5.42. The molecule has 1 aliphatic carbocycles. The Balaban J connectivity index is 2.24. The van der Waals surface area contributed by atoms with Crippen molar-refractivity contribution < 1.29 is 14.3 Å². The van der Waals surface area contributed by atoms with E-state index >= 15 is 0 Å². The summed E-state index contributed by atoms with van der Waals surface area (Å²) in [7, 11) is 0. The maximum absolute atomic E-state index is 13.1. The highest BCUT2D eigenvalue weighted by Gasteiger charge is 2.38. The molecule has 104 valence electrons. The van der Waals surface area contributed by atoms with E-state index < -0.39 is 17.2 Å². The fourth-order valence-corrected chi connectivity index (χ4v) is 3.12. The lowest BCUT2D eigenvalue weighted by atomic mass is 9.75. The molecule has 0 bridgehead atoms. The third-order valence-corrected chi connectivity index (χ3v) is 4.33. The van der Waals surface area contributed by atoms with Crippen LogP contribution in [0.4, 0.5) is 4.39 Å². The summed E-state index contributed by atoms with van der Waals surface area (Å²) in [6.45, 7) is 0. The van der Waals surface area contributed by atoms with Gasteiger partial charge in [-0.2, -0.15) is 0 Å². The quantitative estimate of drug-likeness (QED) is 0.833. The zero-order chi connectivity index (χ0) is 13.9. The predicted molar refractivity (Wildman–Crippen MR) is 72.9 cm³/mol. The molecule has 2 rings (SSSR count). The van der Waals surface area contributed by atoms with Gasteiger partial charge in [-0.05, 0) is 37.0 Å². The Bertz CT molecular complexity index is 465. The van der Waals surface area contributed by atoms with Crippen molar-refractivity contribution >= 4 is 17.6 Å². The number of aliphatic carboxylic acids is 1. The molecule has 0 heterocycles. The second-order valence-corrected chi connectivity index (χ2v) is 5.83. The van der Waals surface area contributed by atoms with Crippen molar-refractivity contribution in [1.29, 1.82) is 0 Å². The van der Waals surface area contributed by atoms with Crippen LogP contribution >= 0.6 is 11.6 Å². The van der Waals surface area contributed by atoms with Gasteiger partial charge in [0.15, 0.2) is 0 Å². The number of carboxylic acids is 1. The van der Waals surface area contributed by atoms with E-state index in [0.717, 1.165) is 31.2 Å². The van der Waals surface area contributed by atoms with Crippen molar-refractivity contribution in [3.63, 3.8) is 0 Å². The van der Waals surface area contributed by atoms with E-state index in [1.54, 1.807) is 12.1 Å². The molecule has 0 aliphatic heterocycles.